The first-order valence-corrected chi connectivity index (χ1v) is 4.55. The van der Waals surface area contributed by atoms with E-state index in [4.69, 9.17) is 10.8 Å². The molecule has 1 atom stereocenters. The molecule has 0 bridgehead atoms. The van der Waals surface area contributed by atoms with Crippen LogP contribution in [0.1, 0.15) is 11.7 Å². The maximum atomic E-state index is 10.5. The summed E-state index contributed by atoms with van der Waals surface area (Å²) in [5, 5.41) is 12.6. The third-order valence-electron chi connectivity index (χ3n) is 1.21. The van der Waals surface area contributed by atoms with Crippen molar-refractivity contribution in [3.63, 3.8) is 0 Å². The summed E-state index contributed by atoms with van der Waals surface area (Å²) >= 11 is 4.58. The third kappa shape index (κ3) is 1.79. The molecule has 0 aliphatic heterocycles. The Balaban J connectivity index is 2.92. The van der Waals surface area contributed by atoms with Gasteiger partial charge in [-0.15, -0.1) is 0 Å². The molecular weight excluding hydrogens is 230 g/mol. The van der Waals surface area contributed by atoms with Crippen molar-refractivity contribution in [1.82, 2.24) is 0 Å². The van der Waals surface area contributed by atoms with Crippen LogP contribution in [0.3, 0.4) is 0 Å². The van der Waals surface area contributed by atoms with Crippen molar-refractivity contribution in [3.05, 3.63) is 20.8 Å². The van der Waals surface area contributed by atoms with E-state index in [1.807, 2.05) is 0 Å². The molecule has 0 saturated carbocycles. The summed E-state index contributed by atoms with van der Waals surface area (Å²) in [6, 6.07) is 0. The zero-order valence-corrected chi connectivity index (χ0v) is 7.85. The SMILES string of the molecule is NC(=O)C(O)c1cscc1Br. The summed E-state index contributed by atoms with van der Waals surface area (Å²) in [5.41, 5.74) is 5.42. The monoisotopic (exact) mass is 235 g/mol. The second kappa shape index (κ2) is 3.34. The van der Waals surface area contributed by atoms with Gasteiger partial charge in [0.25, 0.3) is 5.91 Å². The highest BCUT2D eigenvalue weighted by Crippen LogP contribution is 2.26. The van der Waals surface area contributed by atoms with Crippen molar-refractivity contribution in [2.75, 3.05) is 0 Å². The summed E-state index contributed by atoms with van der Waals surface area (Å²) in [4.78, 5) is 10.5. The van der Waals surface area contributed by atoms with Crippen LogP contribution < -0.4 is 5.73 Å². The highest BCUT2D eigenvalue weighted by atomic mass is 79.9. The molecule has 0 fully saturated rings. The molecule has 1 aromatic heterocycles. The third-order valence-corrected chi connectivity index (χ3v) is 2.96. The topological polar surface area (TPSA) is 63.3 Å². The van der Waals surface area contributed by atoms with Gasteiger partial charge < -0.3 is 10.8 Å². The molecule has 0 spiro atoms. The Morgan fingerprint density at radius 3 is 2.73 bits per heavy atom. The molecular formula is C6H6BrNO2S. The zero-order valence-electron chi connectivity index (χ0n) is 5.45. The van der Waals surface area contributed by atoms with E-state index in [0.29, 0.717) is 10.0 Å². The summed E-state index contributed by atoms with van der Waals surface area (Å²) in [6.07, 6.45) is -1.20. The highest BCUT2D eigenvalue weighted by molar-refractivity contribution is 9.10. The van der Waals surface area contributed by atoms with E-state index in [9.17, 15) is 4.79 Å². The minimum absolute atomic E-state index is 0.530. The number of carbonyl (C=O) groups excluding carboxylic acids is 1. The highest BCUT2D eigenvalue weighted by Gasteiger charge is 2.16. The minimum atomic E-state index is -1.20. The Morgan fingerprint density at radius 1 is 1.73 bits per heavy atom. The van der Waals surface area contributed by atoms with Crippen molar-refractivity contribution in [2.45, 2.75) is 6.10 Å². The van der Waals surface area contributed by atoms with Gasteiger partial charge in [-0.25, -0.2) is 0 Å². The van der Waals surface area contributed by atoms with Gasteiger partial charge in [-0.05, 0) is 21.3 Å². The molecule has 3 nitrogen and oxygen atoms in total. The summed E-state index contributed by atoms with van der Waals surface area (Å²) < 4.78 is 0.716. The molecule has 3 N–H and O–H groups in total. The average molecular weight is 236 g/mol. The lowest BCUT2D eigenvalue weighted by molar-refractivity contribution is -0.126. The van der Waals surface area contributed by atoms with Crippen LogP contribution in [0.25, 0.3) is 0 Å². The first-order valence-electron chi connectivity index (χ1n) is 2.82. The molecule has 0 aliphatic rings. The van der Waals surface area contributed by atoms with Crippen LogP contribution in [0, 0.1) is 0 Å². The van der Waals surface area contributed by atoms with E-state index in [2.05, 4.69) is 15.9 Å². The number of aliphatic hydroxyl groups is 1. The molecule has 0 radical (unpaired) electrons. The van der Waals surface area contributed by atoms with Crippen molar-refractivity contribution in [3.8, 4) is 0 Å². The van der Waals surface area contributed by atoms with E-state index in [0.717, 1.165) is 0 Å². The van der Waals surface area contributed by atoms with Gasteiger partial charge in [-0.3, -0.25) is 4.79 Å². The number of thiophene rings is 1. The van der Waals surface area contributed by atoms with Crippen LogP contribution in [0.5, 0.6) is 0 Å². The predicted octanol–water partition coefficient (Wildman–Crippen LogP) is 1.03. The van der Waals surface area contributed by atoms with Gasteiger partial charge in [-0.1, -0.05) is 0 Å². The van der Waals surface area contributed by atoms with Gasteiger partial charge in [0, 0.05) is 15.4 Å². The Hall–Kier alpha value is -0.390. The van der Waals surface area contributed by atoms with Crippen molar-refractivity contribution < 1.29 is 9.90 Å². The number of hydrogen-bond acceptors (Lipinski definition) is 3. The molecule has 1 unspecified atom stereocenters. The fourth-order valence-electron chi connectivity index (χ4n) is 0.640. The van der Waals surface area contributed by atoms with Crippen LogP contribution in [0.2, 0.25) is 0 Å². The number of hydrogen-bond donors (Lipinski definition) is 2. The van der Waals surface area contributed by atoms with Crippen molar-refractivity contribution in [2.24, 2.45) is 5.73 Å². The molecule has 0 aromatic carbocycles. The number of halogens is 1. The van der Waals surface area contributed by atoms with Gasteiger partial charge >= 0.3 is 0 Å². The van der Waals surface area contributed by atoms with Crippen LogP contribution in [0.15, 0.2) is 15.2 Å². The van der Waals surface area contributed by atoms with Crippen LogP contribution in [0.4, 0.5) is 0 Å². The maximum absolute atomic E-state index is 10.5. The second-order valence-electron chi connectivity index (χ2n) is 1.98. The number of amides is 1. The molecule has 0 aliphatic carbocycles. The molecule has 1 amide bonds. The van der Waals surface area contributed by atoms with E-state index in [-0.39, 0.29) is 0 Å². The lowest BCUT2D eigenvalue weighted by Gasteiger charge is -2.03. The Kier molecular flexibility index (Phi) is 2.64. The van der Waals surface area contributed by atoms with Gasteiger partial charge in [0.15, 0.2) is 6.10 Å². The number of nitrogens with two attached hydrogens (primary N) is 1. The van der Waals surface area contributed by atoms with Crippen molar-refractivity contribution in [1.29, 1.82) is 0 Å². The minimum Gasteiger partial charge on any atom is -0.378 e. The summed E-state index contributed by atoms with van der Waals surface area (Å²) in [5.74, 6) is -0.732. The summed E-state index contributed by atoms with van der Waals surface area (Å²) in [7, 11) is 0. The Labute approximate surface area is 76.0 Å². The molecule has 11 heavy (non-hydrogen) atoms. The van der Waals surface area contributed by atoms with E-state index >= 15 is 0 Å². The predicted molar refractivity (Wildman–Crippen MR) is 46.2 cm³/mol. The summed E-state index contributed by atoms with van der Waals surface area (Å²) in [6.45, 7) is 0. The normalized spacial score (nSPS) is 12.9. The lowest BCUT2D eigenvalue weighted by Crippen LogP contribution is -2.20. The van der Waals surface area contributed by atoms with Gasteiger partial charge in [0.1, 0.15) is 0 Å². The molecule has 1 aromatic rings. The zero-order chi connectivity index (χ0) is 8.43. The van der Waals surface area contributed by atoms with E-state index in [1.54, 1.807) is 10.8 Å². The van der Waals surface area contributed by atoms with Gasteiger partial charge in [0.2, 0.25) is 0 Å². The van der Waals surface area contributed by atoms with Gasteiger partial charge in [0.05, 0.1) is 0 Å². The van der Waals surface area contributed by atoms with Crippen LogP contribution >= 0.6 is 27.3 Å². The molecule has 1 heterocycles. The van der Waals surface area contributed by atoms with E-state index < -0.39 is 12.0 Å². The Bertz CT molecular complexity index is 273. The first-order chi connectivity index (χ1) is 5.13. The van der Waals surface area contributed by atoms with Crippen LogP contribution in [-0.2, 0) is 4.79 Å². The molecule has 5 heteroatoms. The van der Waals surface area contributed by atoms with Gasteiger partial charge in [-0.2, -0.15) is 11.3 Å². The number of rotatable bonds is 2. The average Bonchev–Trinajstić information content (AvgIpc) is 2.33. The number of primary amides is 1. The smallest absolute Gasteiger partial charge is 0.250 e. The maximum Gasteiger partial charge on any atom is 0.250 e. The molecule has 60 valence electrons. The second-order valence-corrected chi connectivity index (χ2v) is 3.58. The largest absolute Gasteiger partial charge is 0.378 e. The van der Waals surface area contributed by atoms with Crippen molar-refractivity contribution >= 4 is 33.2 Å². The standard InChI is InChI=1S/C6H6BrNO2S/c7-4-2-11-1-3(4)5(9)6(8)10/h1-2,5,9H,(H2,8,10). The fraction of sp³-hybridized carbons (Fsp3) is 0.167. The number of aliphatic hydroxyl groups excluding tert-OH is 1. The van der Waals surface area contributed by atoms with E-state index in [1.165, 1.54) is 11.3 Å². The fourth-order valence-corrected chi connectivity index (χ4v) is 2.17. The Morgan fingerprint density at radius 2 is 2.36 bits per heavy atom. The lowest BCUT2D eigenvalue weighted by atomic mass is 10.2. The molecule has 0 saturated heterocycles. The first kappa shape index (κ1) is 8.70. The van der Waals surface area contributed by atoms with Crippen LogP contribution in [-0.4, -0.2) is 11.0 Å². The number of carbonyl (C=O) groups is 1. The molecule has 1 rings (SSSR count). The quantitative estimate of drug-likeness (QED) is 0.805.